The van der Waals surface area contributed by atoms with Gasteiger partial charge >= 0.3 is 35.1 Å². The number of alkyl halides is 2. The van der Waals surface area contributed by atoms with E-state index in [9.17, 15) is 55.2 Å². The number of aromatic hydroxyl groups is 1. The summed E-state index contributed by atoms with van der Waals surface area (Å²) in [6.07, 6.45) is 1.56. The number of carbonyl (C=O) groups is 5. The first kappa shape index (κ1) is 74.8. The number of rotatable bonds is 18. The van der Waals surface area contributed by atoms with Gasteiger partial charge in [0.1, 0.15) is 29.0 Å². The lowest BCUT2D eigenvalue weighted by atomic mass is 9.87. The molecule has 15 nitrogen and oxygen atoms in total. The van der Waals surface area contributed by atoms with Crippen molar-refractivity contribution < 1.29 is 83.6 Å². The van der Waals surface area contributed by atoms with Crippen LogP contribution in [-0.4, -0.2) is 83.7 Å². The summed E-state index contributed by atoms with van der Waals surface area (Å²) in [5, 5.41) is 6.58. The quantitative estimate of drug-likeness (QED) is 0.0278. The second-order valence-corrected chi connectivity index (χ2v) is 29.5. The molecule has 10 rings (SSSR count). The van der Waals surface area contributed by atoms with Crippen molar-refractivity contribution in [2.24, 2.45) is 27.6 Å². The smallest absolute Gasteiger partial charge is 0.369 e. The molecule has 7 atom stereocenters. The summed E-state index contributed by atoms with van der Waals surface area (Å²) in [5.74, 6) is -1.55. The second-order valence-electron chi connectivity index (χ2n) is 26.0. The van der Waals surface area contributed by atoms with Crippen molar-refractivity contribution in [2.45, 2.75) is 204 Å². The molecule has 0 saturated carbocycles. The van der Waals surface area contributed by atoms with Crippen molar-refractivity contribution in [3.8, 4) is 11.5 Å². The highest BCUT2D eigenvalue weighted by Crippen LogP contribution is 2.49. The van der Waals surface area contributed by atoms with Crippen LogP contribution in [0.25, 0.3) is 10.8 Å². The third-order valence-electron chi connectivity index (χ3n) is 18.1. The molecular formula is C73H89F3O15S2. The van der Waals surface area contributed by atoms with Crippen molar-refractivity contribution in [1.82, 2.24) is 0 Å². The van der Waals surface area contributed by atoms with E-state index in [0.29, 0.717) is 68.6 Å². The van der Waals surface area contributed by atoms with E-state index in [2.05, 4.69) is 95.7 Å². The largest absolute Gasteiger partial charge is 0.743 e. The maximum Gasteiger partial charge on any atom is 0.369 e. The molecule has 6 aromatic carbocycles. The van der Waals surface area contributed by atoms with E-state index in [1.165, 1.54) is 34.6 Å². The summed E-state index contributed by atoms with van der Waals surface area (Å²) >= 11 is 0. The first-order valence-corrected chi connectivity index (χ1v) is 34.1. The van der Waals surface area contributed by atoms with Crippen LogP contribution < -0.4 is 4.74 Å². The summed E-state index contributed by atoms with van der Waals surface area (Å²) in [6.45, 7) is 24.3. The summed E-state index contributed by atoms with van der Waals surface area (Å²) in [7, 11) is -5.87. The summed E-state index contributed by atoms with van der Waals surface area (Å²) in [6, 6.07) is 47.7. The Morgan fingerprint density at radius 1 is 0.645 bits per heavy atom. The maximum atomic E-state index is 13.9. The van der Waals surface area contributed by atoms with Crippen molar-refractivity contribution >= 4 is 61.6 Å². The van der Waals surface area contributed by atoms with Crippen LogP contribution in [0.3, 0.4) is 0 Å². The van der Waals surface area contributed by atoms with Crippen LogP contribution in [0.1, 0.15) is 153 Å². The van der Waals surface area contributed by atoms with E-state index in [1.807, 2.05) is 93.5 Å². The highest BCUT2D eigenvalue weighted by molar-refractivity contribution is 7.97. The van der Waals surface area contributed by atoms with E-state index in [4.69, 9.17) is 23.7 Å². The Morgan fingerprint density at radius 2 is 1.12 bits per heavy atom. The van der Waals surface area contributed by atoms with E-state index >= 15 is 0 Å². The van der Waals surface area contributed by atoms with Crippen LogP contribution in [0.4, 0.5) is 13.2 Å². The van der Waals surface area contributed by atoms with Gasteiger partial charge in [0.15, 0.2) is 43.1 Å². The molecule has 0 amide bonds. The minimum Gasteiger partial charge on any atom is -0.743 e. The molecule has 20 heteroatoms. The fourth-order valence-electron chi connectivity index (χ4n) is 10.1. The van der Waals surface area contributed by atoms with Crippen LogP contribution in [-0.2, 0) is 80.7 Å². The zero-order valence-corrected chi connectivity index (χ0v) is 57.2. The fourth-order valence-corrected chi connectivity index (χ4v) is 12.6. The Hall–Kier alpha value is -7.26. The molecule has 3 aliphatic heterocycles. The van der Waals surface area contributed by atoms with Gasteiger partial charge in [-0.15, -0.1) is 0 Å². The van der Waals surface area contributed by atoms with Crippen LogP contribution in [0.2, 0.25) is 0 Å². The molecule has 0 aromatic heterocycles. The third kappa shape index (κ3) is 17.6. The molecule has 3 saturated heterocycles. The maximum absolute atomic E-state index is 13.9. The van der Waals surface area contributed by atoms with E-state index in [0.717, 1.165) is 17.4 Å². The Balaban J connectivity index is 0.000000185. The number of hydrogen-bond donors (Lipinski definition) is 1. The lowest BCUT2D eigenvalue weighted by Gasteiger charge is -2.33. The standard InChI is InChI=1S/C18H15S.C17H23FO2.C16H18O3.C13H18O5.C9H16F2O5S/c1-4-10-16(11-5-1)19(17-12-6-2-7-13-17)18-14-8-3-9-15-18;1-5-16(3,4)15(19)20-17(6-2)11-10-12-13(17)8-7-9-14(12)18;1-4-16(2,3)15(18)19-14-10-9-13(17)11-7-5-6-8-12(11)14;1-4-13(2,3)12(15)18-9-7-5-6-8(16-7)10(9)17-11(6)14;1-5-8(3,4)7(12)16-6(2)9(10,11)17(13,14)15/h1-15H;7-9H,5-6,10-11H2,1-4H3;5-10,17H,4H2,1-3H3;6-10H,4-5H2,1-3H3;6H,5H2,1-4H3,(H,13,14,15)/q+1;;;;/p-1. The van der Waals surface area contributed by atoms with Gasteiger partial charge in [0.2, 0.25) is 0 Å². The van der Waals surface area contributed by atoms with Gasteiger partial charge in [-0.25, -0.2) is 12.8 Å². The van der Waals surface area contributed by atoms with Gasteiger partial charge in [-0.1, -0.05) is 126 Å². The van der Waals surface area contributed by atoms with Gasteiger partial charge < -0.3 is 38.1 Å². The van der Waals surface area contributed by atoms with Crippen molar-refractivity contribution in [1.29, 1.82) is 0 Å². The predicted molar refractivity (Wildman–Crippen MR) is 349 cm³/mol. The minimum absolute atomic E-state index is 0.0146. The summed E-state index contributed by atoms with van der Waals surface area (Å²) in [4.78, 5) is 63.6. The number of fused-ring (bicyclic) bond motifs is 3. The normalized spacial score (nSPS) is 19.9. The van der Waals surface area contributed by atoms with Crippen LogP contribution >= 0.6 is 0 Å². The number of phenols is 1. The number of benzene rings is 6. The lowest BCUT2D eigenvalue weighted by molar-refractivity contribution is -0.173. The molecule has 504 valence electrons. The molecule has 7 unspecified atom stereocenters. The van der Waals surface area contributed by atoms with Crippen LogP contribution in [0, 0.1) is 33.4 Å². The van der Waals surface area contributed by atoms with Crippen molar-refractivity contribution in [2.75, 3.05) is 0 Å². The number of carbonyl (C=O) groups excluding carboxylic acids is 5. The minimum atomic E-state index is -5.86. The topological polar surface area (TPSA) is 218 Å². The lowest BCUT2D eigenvalue weighted by Crippen LogP contribution is -2.44. The Bertz CT molecular complexity index is 3560. The molecule has 2 bridgehead atoms. The molecule has 1 N–H and O–H groups in total. The number of hydrogen-bond acceptors (Lipinski definition) is 15. The number of ether oxygens (including phenoxy) is 6. The molecule has 1 aliphatic carbocycles. The molecular weight excluding hydrogens is 1240 g/mol. The average Bonchev–Trinajstić information content (AvgIpc) is 1.58. The van der Waals surface area contributed by atoms with E-state index in [-0.39, 0.29) is 64.5 Å². The van der Waals surface area contributed by atoms with Gasteiger partial charge in [-0.3, -0.25) is 24.0 Å². The van der Waals surface area contributed by atoms with Crippen molar-refractivity contribution in [3.05, 3.63) is 163 Å². The van der Waals surface area contributed by atoms with Crippen LogP contribution in [0.15, 0.2) is 160 Å². The zero-order chi connectivity index (χ0) is 69.1. The predicted octanol–water partition coefficient (Wildman–Crippen LogP) is 15.6. The Labute approximate surface area is 548 Å². The molecule has 93 heavy (non-hydrogen) atoms. The molecule has 4 aliphatic rings. The highest BCUT2D eigenvalue weighted by Gasteiger charge is 2.65. The van der Waals surface area contributed by atoms with Gasteiger partial charge in [0.25, 0.3) is 0 Å². The first-order valence-electron chi connectivity index (χ1n) is 31.5. The fraction of sp³-hybridized carbons (Fsp3) is 0.466. The molecule has 0 radical (unpaired) electrons. The molecule has 6 aromatic rings. The SMILES string of the molecule is CCC(C)(C)C(=O)OC(C)C(F)(F)S(=O)(=O)[O-].CCC(C)(C)C(=O)OC1(CC)CCc2c(F)cccc21.CCC(C)(C)C(=O)OC1C2CC3C(=O)OC1C3O2.CCC(C)(C)C(=O)Oc1ccc(O)c2ccccc12.c1ccc([S+](c2ccccc2)c2ccccc2)cc1. The van der Waals surface area contributed by atoms with Gasteiger partial charge in [0.05, 0.1) is 44.6 Å². The monoisotopic (exact) mass is 1330 g/mol. The van der Waals surface area contributed by atoms with Gasteiger partial charge in [-0.05, 0) is 174 Å². The van der Waals surface area contributed by atoms with Gasteiger partial charge in [0, 0.05) is 16.3 Å². The van der Waals surface area contributed by atoms with Gasteiger partial charge in [-0.2, -0.15) is 8.78 Å². The van der Waals surface area contributed by atoms with Crippen LogP contribution in [0.5, 0.6) is 11.5 Å². The number of esters is 5. The second kappa shape index (κ2) is 30.9. The summed E-state index contributed by atoms with van der Waals surface area (Å²) < 4.78 is 103. The number of halogens is 3. The van der Waals surface area contributed by atoms with E-state index < -0.39 is 66.9 Å². The molecule has 3 fully saturated rings. The molecule has 0 spiro atoms. The highest BCUT2D eigenvalue weighted by atomic mass is 32.2. The average molecular weight is 1330 g/mol. The Kier molecular flexibility index (Phi) is 24.8. The summed E-state index contributed by atoms with van der Waals surface area (Å²) in [5.41, 5.74) is -1.64. The number of phenolic OH excluding ortho intramolecular Hbond substituents is 1. The first-order chi connectivity index (χ1) is 43.6. The third-order valence-corrected chi connectivity index (χ3v) is 21.3. The van der Waals surface area contributed by atoms with E-state index in [1.54, 1.807) is 31.2 Å². The Morgan fingerprint density at radius 3 is 1.61 bits per heavy atom. The zero-order valence-electron chi connectivity index (χ0n) is 55.6. The van der Waals surface area contributed by atoms with Crippen molar-refractivity contribution in [3.63, 3.8) is 0 Å². The molecule has 3 heterocycles.